The van der Waals surface area contributed by atoms with E-state index in [1.165, 1.54) is 12.1 Å². The van der Waals surface area contributed by atoms with Crippen molar-refractivity contribution in [3.05, 3.63) is 65.2 Å². The zero-order chi connectivity index (χ0) is 15.4. The highest BCUT2D eigenvalue weighted by atomic mass is 16.3. The zero-order valence-electron chi connectivity index (χ0n) is 12.1. The Morgan fingerprint density at radius 1 is 1.05 bits per heavy atom. The number of allylic oxidation sites excluding steroid dienone is 1. The van der Waals surface area contributed by atoms with Gasteiger partial charge in [0.25, 0.3) is 0 Å². The number of hydrogen-bond donors (Lipinski definition) is 2. The van der Waals surface area contributed by atoms with Crippen LogP contribution < -0.4 is 0 Å². The summed E-state index contributed by atoms with van der Waals surface area (Å²) in [6.07, 6.45) is 3.12. The molecule has 3 nitrogen and oxygen atoms in total. The molecule has 0 saturated carbocycles. The van der Waals surface area contributed by atoms with Crippen LogP contribution in [0.25, 0.3) is 6.08 Å². The summed E-state index contributed by atoms with van der Waals surface area (Å²) in [5, 5.41) is 19.6. The molecule has 0 aliphatic heterocycles. The van der Waals surface area contributed by atoms with Crippen molar-refractivity contribution in [3.63, 3.8) is 0 Å². The molecule has 2 N–H and O–H groups in total. The van der Waals surface area contributed by atoms with Gasteiger partial charge in [0.1, 0.15) is 11.5 Å². The molecule has 0 fully saturated rings. The standard InChI is InChI=1S/C18H18O3/c1-12(2)14-10-15(18(21)11-17(14)20)16(19)9-8-13-6-4-3-5-7-13/h3-12,20-21H,1-2H3/b9-8+. The SMILES string of the molecule is CC(C)c1cc(C(=O)/C=C/c2ccccc2)c(O)cc1O. The van der Waals surface area contributed by atoms with Gasteiger partial charge >= 0.3 is 0 Å². The van der Waals surface area contributed by atoms with Gasteiger partial charge in [0.05, 0.1) is 5.56 Å². The van der Waals surface area contributed by atoms with E-state index in [4.69, 9.17) is 0 Å². The van der Waals surface area contributed by atoms with Crippen LogP contribution in [-0.4, -0.2) is 16.0 Å². The van der Waals surface area contributed by atoms with Gasteiger partial charge in [-0.15, -0.1) is 0 Å². The highest BCUT2D eigenvalue weighted by Gasteiger charge is 2.15. The molecule has 2 rings (SSSR count). The van der Waals surface area contributed by atoms with E-state index in [9.17, 15) is 15.0 Å². The maximum atomic E-state index is 12.2. The maximum Gasteiger partial charge on any atom is 0.189 e. The molecule has 0 aliphatic carbocycles. The quantitative estimate of drug-likeness (QED) is 0.655. The molecule has 3 heteroatoms. The minimum atomic E-state index is -0.293. The molecule has 2 aromatic rings. The van der Waals surface area contributed by atoms with Crippen molar-refractivity contribution in [2.24, 2.45) is 0 Å². The lowest BCUT2D eigenvalue weighted by Crippen LogP contribution is -1.98. The lowest BCUT2D eigenvalue weighted by Gasteiger charge is -2.11. The van der Waals surface area contributed by atoms with Crippen molar-refractivity contribution in [2.45, 2.75) is 19.8 Å². The van der Waals surface area contributed by atoms with E-state index < -0.39 is 0 Å². The summed E-state index contributed by atoms with van der Waals surface area (Å²) < 4.78 is 0. The Kier molecular flexibility index (Phi) is 4.43. The Hall–Kier alpha value is -2.55. The summed E-state index contributed by atoms with van der Waals surface area (Å²) in [6.45, 7) is 3.83. The highest BCUT2D eigenvalue weighted by Crippen LogP contribution is 2.32. The third kappa shape index (κ3) is 3.51. The first-order chi connectivity index (χ1) is 9.99. The molecule has 2 aromatic carbocycles. The number of ketones is 1. The summed E-state index contributed by atoms with van der Waals surface area (Å²) in [4.78, 5) is 12.2. The highest BCUT2D eigenvalue weighted by molar-refractivity contribution is 6.08. The number of benzene rings is 2. The van der Waals surface area contributed by atoms with Gasteiger partial charge in [-0.05, 0) is 29.2 Å². The second-order valence-corrected chi connectivity index (χ2v) is 5.19. The lowest BCUT2D eigenvalue weighted by molar-refractivity contribution is 0.104. The van der Waals surface area contributed by atoms with Gasteiger partial charge in [0, 0.05) is 6.07 Å². The predicted molar refractivity (Wildman–Crippen MR) is 83.7 cm³/mol. The van der Waals surface area contributed by atoms with E-state index in [1.54, 1.807) is 12.1 Å². The van der Waals surface area contributed by atoms with E-state index in [2.05, 4.69) is 0 Å². The summed E-state index contributed by atoms with van der Waals surface area (Å²) >= 11 is 0. The molecular formula is C18H18O3. The molecule has 0 saturated heterocycles. The second-order valence-electron chi connectivity index (χ2n) is 5.19. The normalized spacial score (nSPS) is 11.2. The molecule has 21 heavy (non-hydrogen) atoms. The zero-order valence-corrected chi connectivity index (χ0v) is 12.1. The molecule has 0 atom stereocenters. The van der Waals surface area contributed by atoms with E-state index in [-0.39, 0.29) is 28.8 Å². The Labute approximate surface area is 124 Å². The average Bonchev–Trinajstić information content (AvgIpc) is 2.45. The topological polar surface area (TPSA) is 57.5 Å². The van der Waals surface area contributed by atoms with Crippen molar-refractivity contribution in [1.29, 1.82) is 0 Å². The Balaban J connectivity index is 2.31. The van der Waals surface area contributed by atoms with E-state index in [0.717, 1.165) is 5.56 Å². The number of phenolic OH excluding ortho intramolecular Hbond substituents is 2. The molecule has 0 bridgehead atoms. The van der Waals surface area contributed by atoms with Crippen molar-refractivity contribution >= 4 is 11.9 Å². The number of carbonyl (C=O) groups is 1. The lowest BCUT2D eigenvalue weighted by atomic mass is 9.97. The Morgan fingerprint density at radius 3 is 2.33 bits per heavy atom. The average molecular weight is 282 g/mol. The van der Waals surface area contributed by atoms with E-state index >= 15 is 0 Å². The van der Waals surface area contributed by atoms with Crippen molar-refractivity contribution in [2.75, 3.05) is 0 Å². The van der Waals surface area contributed by atoms with Crippen LogP contribution in [0.2, 0.25) is 0 Å². The van der Waals surface area contributed by atoms with Crippen LogP contribution in [0.1, 0.15) is 41.3 Å². The molecule has 108 valence electrons. The van der Waals surface area contributed by atoms with Crippen LogP contribution in [-0.2, 0) is 0 Å². The van der Waals surface area contributed by atoms with Gasteiger partial charge in [-0.25, -0.2) is 0 Å². The Morgan fingerprint density at radius 2 is 1.71 bits per heavy atom. The number of hydrogen-bond acceptors (Lipinski definition) is 3. The third-order valence-electron chi connectivity index (χ3n) is 3.26. The second kappa shape index (κ2) is 6.27. The molecule has 0 heterocycles. The first-order valence-electron chi connectivity index (χ1n) is 6.82. The predicted octanol–water partition coefficient (Wildman–Crippen LogP) is 4.12. The molecule has 0 aromatic heterocycles. The summed E-state index contributed by atoms with van der Waals surface area (Å²) in [6, 6.07) is 12.2. The fourth-order valence-electron chi connectivity index (χ4n) is 2.08. The minimum Gasteiger partial charge on any atom is -0.508 e. The molecule has 0 aliphatic rings. The monoisotopic (exact) mass is 282 g/mol. The smallest absolute Gasteiger partial charge is 0.189 e. The Bertz CT molecular complexity index is 670. The van der Waals surface area contributed by atoms with Crippen LogP contribution >= 0.6 is 0 Å². The van der Waals surface area contributed by atoms with Crippen molar-refractivity contribution in [3.8, 4) is 11.5 Å². The van der Waals surface area contributed by atoms with Crippen LogP contribution in [0, 0.1) is 0 Å². The minimum absolute atomic E-state index is 0.00564. The fourth-order valence-corrected chi connectivity index (χ4v) is 2.08. The number of carbonyl (C=O) groups excluding carboxylic acids is 1. The summed E-state index contributed by atoms with van der Waals surface area (Å²) in [7, 11) is 0. The van der Waals surface area contributed by atoms with Gasteiger partial charge in [0.15, 0.2) is 5.78 Å². The summed E-state index contributed by atoms with van der Waals surface area (Å²) in [5.41, 5.74) is 1.75. The first kappa shape index (κ1) is 14.9. The third-order valence-corrected chi connectivity index (χ3v) is 3.26. The van der Waals surface area contributed by atoms with Crippen molar-refractivity contribution in [1.82, 2.24) is 0 Å². The van der Waals surface area contributed by atoms with Crippen LogP contribution in [0.5, 0.6) is 11.5 Å². The van der Waals surface area contributed by atoms with Gasteiger partial charge in [-0.3, -0.25) is 4.79 Å². The van der Waals surface area contributed by atoms with Gasteiger partial charge < -0.3 is 10.2 Å². The van der Waals surface area contributed by atoms with Crippen LogP contribution in [0.4, 0.5) is 0 Å². The van der Waals surface area contributed by atoms with E-state index in [1.807, 2.05) is 44.2 Å². The van der Waals surface area contributed by atoms with Gasteiger partial charge in [-0.1, -0.05) is 50.3 Å². The van der Waals surface area contributed by atoms with Crippen molar-refractivity contribution < 1.29 is 15.0 Å². The largest absolute Gasteiger partial charge is 0.508 e. The van der Waals surface area contributed by atoms with Crippen LogP contribution in [0.15, 0.2) is 48.5 Å². The van der Waals surface area contributed by atoms with Gasteiger partial charge in [-0.2, -0.15) is 0 Å². The molecule has 0 unspecified atom stereocenters. The maximum absolute atomic E-state index is 12.2. The number of phenols is 2. The fraction of sp³-hybridized carbons (Fsp3) is 0.167. The molecular weight excluding hydrogens is 264 g/mol. The van der Waals surface area contributed by atoms with Crippen LogP contribution in [0.3, 0.4) is 0 Å². The number of aromatic hydroxyl groups is 2. The number of rotatable bonds is 4. The first-order valence-corrected chi connectivity index (χ1v) is 6.82. The molecule has 0 spiro atoms. The summed E-state index contributed by atoms with van der Waals surface area (Å²) in [5.74, 6) is -0.431. The van der Waals surface area contributed by atoms with Gasteiger partial charge in [0.2, 0.25) is 0 Å². The van der Waals surface area contributed by atoms with E-state index in [0.29, 0.717) is 5.56 Å². The molecule has 0 amide bonds. The molecule has 0 radical (unpaired) electrons.